The molecule has 19 heavy (non-hydrogen) atoms. The van der Waals surface area contributed by atoms with Gasteiger partial charge in [-0.25, -0.2) is 0 Å². The van der Waals surface area contributed by atoms with E-state index in [-0.39, 0.29) is 12.0 Å². The predicted molar refractivity (Wildman–Crippen MR) is 72.3 cm³/mol. The van der Waals surface area contributed by atoms with E-state index in [0.29, 0.717) is 25.6 Å². The highest BCUT2D eigenvalue weighted by molar-refractivity contribution is 5.95. The van der Waals surface area contributed by atoms with Crippen molar-refractivity contribution in [3.63, 3.8) is 0 Å². The molecule has 4 heteroatoms. The minimum Gasteiger partial charge on any atom is -0.375 e. The quantitative estimate of drug-likeness (QED) is 0.818. The molecule has 0 aromatic carbocycles. The van der Waals surface area contributed by atoms with E-state index >= 15 is 0 Å². The second-order valence-corrected chi connectivity index (χ2v) is 5.59. The molecule has 0 unspecified atom stereocenters. The molecule has 1 aliphatic heterocycles. The van der Waals surface area contributed by atoms with Crippen LogP contribution in [0.4, 0.5) is 0 Å². The molecular formula is C15H20N2O2. The number of carbonyl (C=O) groups is 1. The van der Waals surface area contributed by atoms with E-state index in [1.165, 1.54) is 0 Å². The highest BCUT2D eigenvalue weighted by Crippen LogP contribution is 2.41. The zero-order chi connectivity index (χ0) is 13.4. The lowest BCUT2D eigenvalue weighted by molar-refractivity contribution is -0.0124. The van der Waals surface area contributed by atoms with Crippen molar-refractivity contribution in [3.05, 3.63) is 29.1 Å². The molecule has 4 nitrogen and oxygen atoms in total. The molecule has 2 aliphatic rings. The molecule has 1 saturated heterocycles. The van der Waals surface area contributed by atoms with Crippen molar-refractivity contribution < 1.29 is 9.53 Å². The maximum absolute atomic E-state index is 12.6. The van der Waals surface area contributed by atoms with Crippen molar-refractivity contribution in [1.29, 1.82) is 0 Å². The predicted octanol–water partition coefficient (Wildman–Crippen LogP) is 2.13. The zero-order valence-corrected chi connectivity index (χ0v) is 11.6. The van der Waals surface area contributed by atoms with Crippen LogP contribution >= 0.6 is 0 Å². The van der Waals surface area contributed by atoms with Gasteiger partial charge in [-0.15, -0.1) is 0 Å². The number of rotatable bonds is 2. The molecule has 1 amide bonds. The molecule has 1 aliphatic carbocycles. The highest BCUT2D eigenvalue weighted by Gasteiger charge is 2.32. The molecule has 1 atom stereocenters. The van der Waals surface area contributed by atoms with E-state index in [9.17, 15) is 4.79 Å². The van der Waals surface area contributed by atoms with Gasteiger partial charge in [0.1, 0.15) is 0 Å². The number of hydrogen-bond acceptors (Lipinski definition) is 3. The Kier molecular flexibility index (Phi) is 3.27. The number of morpholine rings is 1. The van der Waals surface area contributed by atoms with Gasteiger partial charge in [-0.05, 0) is 38.8 Å². The molecule has 0 radical (unpaired) electrons. The minimum atomic E-state index is 0.115. The molecule has 102 valence electrons. The smallest absolute Gasteiger partial charge is 0.255 e. The molecule has 3 rings (SSSR count). The summed E-state index contributed by atoms with van der Waals surface area (Å²) in [6.45, 7) is 5.98. The standard InChI is InChI=1S/C15H20N2O2/c1-10-3-6-13(14(16-10)12-4-5-12)15(18)17-7-8-19-11(2)9-17/h3,6,11-12H,4-5,7-9H2,1-2H3/t11-/m0/s1. The van der Waals surface area contributed by atoms with Gasteiger partial charge in [-0.2, -0.15) is 0 Å². The lowest BCUT2D eigenvalue weighted by Gasteiger charge is -2.31. The summed E-state index contributed by atoms with van der Waals surface area (Å²) < 4.78 is 5.49. The van der Waals surface area contributed by atoms with Crippen molar-refractivity contribution in [2.24, 2.45) is 0 Å². The van der Waals surface area contributed by atoms with E-state index in [0.717, 1.165) is 29.8 Å². The van der Waals surface area contributed by atoms with E-state index in [1.54, 1.807) is 0 Å². The van der Waals surface area contributed by atoms with Gasteiger partial charge < -0.3 is 9.64 Å². The average molecular weight is 260 g/mol. The Bertz CT molecular complexity index is 497. The van der Waals surface area contributed by atoms with Gasteiger partial charge in [0, 0.05) is 24.7 Å². The maximum Gasteiger partial charge on any atom is 0.255 e. The van der Waals surface area contributed by atoms with E-state index < -0.39 is 0 Å². The summed E-state index contributed by atoms with van der Waals surface area (Å²) in [6, 6.07) is 3.88. The summed E-state index contributed by atoms with van der Waals surface area (Å²) in [4.78, 5) is 19.1. The van der Waals surface area contributed by atoms with Crippen molar-refractivity contribution in [3.8, 4) is 0 Å². The first-order valence-corrected chi connectivity index (χ1v) is 7.03. The molecule has 2 fully saturated rings. The lowest BCUT2D eigenvalue weighted by Crippen LogP contribution is -2.44. The Morgan fingerprint density at radius 2 is 2.21 bits per heavy atom. The largest absolute Gasteiger partial charge is 0.375 e. The Morgan fingerprint density at radius 3 is 2.89 bits per heavy atom. The average Bonchev–Trinajstić information content (AvgIpc) is 3.22. The SMILES string of the molecule is Cc1ccc(C(=O)N2CCO[C@@H](C)C2)c(C2CC2)n1. The van der Waals surface area contributed by atoms with E-state index in [1.807, 2.05) is 30.9 Å². The van der Waals surface area contributed by atoms with Crippen LogP contribution in [0.1, 0.15) is 47.4 Å². The second kappa shape index (κ2) is 4.93. The van der Waals surface area contributed by atoms with Gasteiger partial charge >= 0.3 is 0 Å². The molecule has 1 aromatic heterocycles. The third-order valence-electron chi connectivity index (χ3n) is 3.79. The van der Waals surface area contributed by atoms with Gasteiger partial charge in [-0.1, -0.05) is 0 Å². The minimum absolute atomic E-state index is 0.115. The van der Waals surface area contributed by atoms with Crippen LogP contribution in [0.15, 0.2) is 12.1 Å². The van der Waals surface area contributed by atoms with E-state index in [2.05, 4.69) is 4.98 Å². The summed E-state index contributed by atoms with van der Waals surface area (Å²) in [5.41, 5.74) is 2.79. The van der Waals surface area contributed by atoms with Gasteiger partial charge in [0.05, 0.1) is 24.0 Å². The van der Waals surface area contributed by atoms with Crippen LogP contribution in [0, 0.1) is 6.92 Å². The fourth-order valence-corrected chi connectivity index (χ4v) is 2.60. The van der Waals surface area contributed by atoms with Crippen molar-refractivity contribution >= 4 is 5.91 Å². The number of ether oxygens (including phenoxy) is 1. The number of aryl methyl sites for hydroxylation is 1. The number of nitrogens with zero attached hydrogens (tertiary/aromatic N) is 2. The second-order valence-electron chi connectivity index (χ2n) is 5.59. The molecule has 0 N–H and O–H groups in total. The molecular weight excluding hydrogens is 240 g/mol. The molecule has 0 spiro atoms. The third-order valence-corrected chi connectivity index (χ3v) is 3.79. The number of hydrogen-bond donors (Lipinski definition) is 0. The fourth-order valence-electron chi connectivity index (χ4n) is 2.60. The summed E-state index contributed by atoms with van der Waals surface area (Å²) >= 11 is 0. The van der Waals surface area contributed by atoms with Gasteiger partial charge in [0.2, 0.25) is 0 Å². The van der Waals surface area contributed by atoms with Crippen molar-refractivity contribution in [2.45, 2.75) is 38.7 Å². The fraction of sp³-hybridized carbons (Fsp3) is 0.600. The number of pyridine rings is 1. The first kappa shape index (κ1) is 12.6. The van der Waals surface area contributed by atoms with Crippen molar-refractivity contribution in [2.75, 3.05) is 19.7 Å². The Balaban J connectivity index is 1.86. The first-order chi connectivity index (χ1) is 9.15. The van der Waals surface area contributed by atoms with Crippen molar-refractivity contribution in [1.82, 2.24) is 9.88 Å². The number of aromatic nitrogens is 1. The van der Waals surface area contributed by atoms with Gasteiger partial charge in [0.25, 0.3) is 5.91 Å². The first-order valence-electron chi connectivity index (χ1n) is 7.03. The lowest BCUT2D eigenvalue weighted by atomic mass is 10.1. The van der Waals surface area contributed by atoms with Crippen LogP contribution in [-0.4, -0.2) is 41.6 Å². The van der Waals surface area contributed by atoms with Crippen LogP contribution in [-0.2, 0) is 4.74 Å². The topological polar surface area (TPSA) is 42.4 Å². The molecule has 0 bridgehead atoms. The van der Waals surface area contributed by atoms with Crippen LogP contribution in [0.5, 0.6) is 0 Å². The number of amides is 1. The molecule has 1 saturated carbocycles. The summed E-state index contributed by atoms with van der Waals surface area (Å²) in [6.07, 6.45) is 2.45. The Hall–Kier alpha value is -1.42. The van der Waals surface area contributed by atoms with Gasteiger partial charge in [0.15, 0.2) is 0 Å². The molecule has 2 heterocycles. The monoisotopic (exact) mass is 260 g/mol. The number of carbonyl (C=O) groups excluding carboxylic acids is 1. The summed E-state index contributed by atoms with van der Waals surface area (Å²) in [7, 11) is 0. The summed E-state index contributed by atoms with van der Waals surface area (Å²) in [5, 5.41) is 0. The normalized spacial score (nSPS) is 23.5. The molecule has 1 aromatic rings. The Labute approximate surface area is 113 Å². The maximum atomic E-state index is 12.6. The van der Waals surface area contributed by atoms with Crippen LogP contribution in [0.3, 0.4) is 0 Å². The Morgan fingerprint density at radius 1 is 1.42 bits per heavy atom. The zero-order valence-electron chi connectivity index (χ0n) is 11.6. The van der Waals surface area contributed by atoms with Gasteiger partial charge in [-0.3, -0.25) is 9.78 Å². The third kappa shape index (κ3) is 2.63. The van der Waals surface area contributed by atoms with Crippen LogP contribution < -0.4 is 0 Å². The summed E-state index contributed by atoms with van der Waals surface area (Å²) in [5.74, 6) is 0.613. The van der Waals surface area contributed by atoms with E-state index in [4.69, 9.17) is 4.74 Å². The van der Waals surface area contributed by atoms with Crippen LogP contribution in [0.25, 0.3) is 0 Å². The van der Waals surface area contributed by atoms with Crippen LogP contribution in [0.2, 0.25) is 0 Å². The highest BCUT2D eigenvalue weighted by atomic mass is 16.5.